The number of rotatable bonds is 8. The highest BCUT2D eigenvalue weighted by Gasteiger charge is 2.09. The number of nitrogens with zero attached hydrogens (tertiary/aromatic N) is 3. The maximum atomic E-state index is 5.55. The standard InChI is InChI=1S/C16H24N4O/c1-3-20(4-2)12-10-15-18-16(21-19-15)14-7-5-13(6-8-14)9-11-17/h5-8H,3-4,9-12,17H2,1-2H3. The molecule has 0 spiro atoms. The Balaban J connectivity index is 1.98. The van der Waals surface area contributed by atoms with Crippen molar-refractivity contribution in [2.45, 2.75) is 26.7 Å². The molecular weight excluding hydrogens is 264 g/mol. The molecular formula is C16H24N4O. The number of hydrogen-bond donors (Lipinski definition) is 1. The van der Waals surface area contributed by atoms with Gasteiger partial charge in [0.05, 0.1) is 0 Å². The number of benzene rings is 1. The number of aromatic nitrogens is 2. The Morgan fingerprint density at radius 2 is 1.81 bits per heavy atom. The SMILES string of the molecule is CCN(CC)CCc1noc(-c2ccc(CCN)cc2)n1. The fourth-order valence-corrected chi connectivity index (χ4v) is 2.25. The molecule has 0 saturated carbocycles. The van der Waals surface area contributed by atoms with Crippen LogP contribution in [0.25, 0.3) is 11.5 Å². The van der Waals surface area contributed by atoms with Gasteiger partial charge in [-0.25, -0.2) is 0 Å². The van der Waals surface area contributed by atoms with E-state index >= 15 is 0 Å². The summed E-state index contributed by atoms with van der Waals surface area (Å²) in [6, 6.07) is 8.13. The molecule has 21 heavy (non-hydrogen) atoms. The van der Waals surface area contributed by atoms with E-state index in [0.717, 1.165) is 43.9 Å². The first-order valence-corrected chi connectivity index (χ1v) is 7.61. The van der Waals surface area contributed by atoms with E-state index in [4.69, 9.17) is 10.3 Å². The third-order valence-corrected chi connectivity index (χ3v) is 3.65. The van der Waals surface area contributed by atoms with Gasteiger partial charge >= 0.3 is 0 Å². The Morgan fingerprint density at radius 1 is 1.10 bits per heavy atom. The van der Waals surface area contributed by atoms with Crippen LogP contribution in [-0.4, -0.2) is 41.2 Å². The molecule has 0 atom stereocenters. The monoisotopic (exact) mass is 288 g/mol. The predicted octanol–water partition coefficient (Wildman–Crippen LogP) is 2.12. The maximum Gasteiger partial charge on any atom is 0.257 e. The predicted molar refractivity (Wildman–Crippen MR) is 84.0 cm³/mol. The quantitative estimate of drug-likeness (QED) is 0.806. The van der Waals surface area contributed by atoms with E-state index in [1.807, 2.05) is 12.1 Å². The van der Waals surface area contributed by atoms with Gasteiger partial charge in [-0.15, -0.1) is 0 Å². The molecule has 0 amide bonds. The van der Waals surface area contributed by atoms with Crippen molar-refractivity contribution >= 4 is 0 Å². The molecule has 0 unspecified atom stereocenters. The van der Waals surface area contributed by atoms with Crippen LogP contribution in [0.4, 0.5) is 0 Å². The van der Waals surface area contributed by atoms with Crippen LogP contribution in [-0.2, 0) is 12.8 Å². The lowest BCUT2D eigenvalue weighted by molar-refractivity contribution is 0.303. The lowest BCUT2D eigenvalue weighted by Crippen LogP contribution is -2.25. The summed E-state index contributed by atoms with van der Waals surface area (Å²) >= 11 is 0. The van der Waals surface area contributed by atoms with Gasteiger partial charge < -0.3 is 15.2 Å². The Labute approximate surface area is 126 Å². The van der Waals surface area contributed by atoms with Gasteiger partial charge in [0.25, 0.3) is 5.89 Å². The molecule has 0 aliphatic carbocycles. The minimum atomic E-state index is 0.587. The first-order chi connectivity index (χ1) is 10.3. The van der Waals surface area contributed by atoms with Crippen molar-refractivity contribution in [1.82, 2.24) is 15.0 Å². The number of likely N-dealkylation sites (N-methyl/N-ethyl adjacent to an activating group) is 1. The van der Waals surface area contributed by atoms with Gasteiger partial charge in [0, 0.05) is 18.5 Å². The van der Waals surface area contributed by atoms with Crippen LogP contribution in [0, 0.1) is 0 Å². The second kappa shape index (κ2) is 7.90. The van der Waals surface area contributed by atoms with Crippen molar-refractivity contribution in [1.29, 1.82) is 0 Å². The second-order valence-corrected chi connectivity index (χ2v) is 5.03. The zero-order valence-electron chi connectivity index (χ0n) is 12.9. The first kappa shape index (κ1) is 15.7. The van der Waals surface area contributed by atoms with Gasteiger partial charge in [0.2, 0.25) is 0 Å². The van der Waals surface area contributed by atoms with Gasteiger partial charge in [-0.05, 0) is 43.8 Å². The third-order valence-electron chi connectivity index (χ3n) is 3.65. The third kappa shape index (κ3) is 4.37. The van der Waals surface area contributed by atoms with Crippen LogP contribution >= 0.6 is 0 Å². The summed E-state index contributed by atoms with van der Waals surface area (Å²) in [6.45, 7) is 8.03. The van der Waals surface area contributed by atoms with E-state index < -0.39 is 0 Å². The molecule has 2 aromatic rings. The van der Waals surface area contributed by atoms with Crippen molar-refractivity contribution in [3.8, 4) is 11.5 Å². The highest BCUT2D eigenvalue weighted by atomic mass is 16.5. The molecule has 114 valence electrons. The van der Waals surface area contributed by atoms with Crippen LogP contribution < -0.4 is 5.73 Å². The van der Waals surface area contributed by atoms with Crippen molar-refractivity contribution in [3.63, 3.8) is 0 Å². The van der Waals surface area contributed by atoms with E-state index in [9.17, 15) is 0 Å². The summed E-state index contributed by atoms with van der Waals surface area (Å²) in [4.78, 5) is 6.81. The minimum Gasteiger partial charge on any atom is -0.334 e. The van der Waals surface area contributed by atoms with Crippen LogP contribution in [0.1, 0.15) is 25.2 Å². The average molecular weight is 288 g/mol. The summed E-state index contributed by atoms with van der Waals surface area (Å²) in [5, 5.41) is 4.06. The molecule has 0 saturated heterocycles. The molecule has 0 fully saturated rings. The van der Waals surface area contributed by atoms with Gasteiger partial charge in [-0.3, -0.25) is 0 Å². The Kier molecular flexibility index (Phi) is 5.90. The molecule has 2 rings (SSSR count). The second-order valence-electron chi connectivity index (χ2n) is 5.03. The van der Waals surface area contributed by atoms with E-state index in [-0.39, 0.29) is 0 Å². The summed E-state index contributed by atoms with van der Waals surface area (Å²) < 4.78 is 5.35. The molecule has 1 heterocycles. The maximum absolute atomic E-state index is 5.55. The molecule has 0 bridgehead atoms. The smallest absolute Gasteiger partial charge is 0.257 e. The van der Waals surface area contributed by atoms with E-state index in [2.05, 4.69) is 41.0 Å². The molecule has 0 radical (unpaired) electrons. The summed E-state index contributed by atoms with van der Waals surface area (Å²) in [6.07, 6.45) is 1.70. The van der Waals surface area contributed by atoms with Crippen LogP contribution in [0.3, 0.4) is 0 Å². The molecule has 1 aromatic carbocycles. The van der Waals surface area contributed by atoms with E-state index in [1.54, 1.807) is 0 Å². The fraction of sp³-hybridized carbons (Fsp3) is 0.500. The molecule has 1 aromatic heterocycles. The minimum absolute atomic E-state index is 0.587. The molecule has 5 heteroatoms. The summed E-state index contributed by atoms with van der Waals surface area (Å²) in [7, 11) is 0. The van der Waals surface area contributed by atoms with Crippen molar-refractivity contribution in [2.75, 3.05) is 26.2 Å². The van der Waals surface area contributed by atoms with Crippen LogP contribution in [0.5, 0.6) is 0 Å². The van der Waals surface area contributed by atoms with Crippen molar-refractivity contribution < 1.29 is 4.52 Å². The number of nitrogens with two attached hydrogens (primary N) is 1. The van der Waals surface area contributed by atoms with Gasteiger partial charge in [0.1, 0.15) is 0 Å². The molecule has 0 aliphatic rings. The number of hydrogen-bond acceptors (Lipinski definition) is 5. The zero-order valence-corrected chi connectivity index (χ0v) is 12.9. The van der Waals surface area contributed by atoms with Gasteiger partial charge in [-0.1, -0.05) is 31.1 Å². The molecule has 2 N–H and O–H groups in total. The summed E-state index contributed by atoms with van der Waals surface area (Å²) in [5.74, 6) is 1.35. The fourth-order valence-electron chi connectivity index (χ4n) is 2.25. The Bertz CT molecular complexity index is 531. The Morgan fingerprint density at radius 3 is 2.43 bits per heavy atom. The Hall–Kier alpha value is -1.72. The topological polar surface area (TPSA) is 68.2 Å². The van der Waals surface area contributed by atoms with Gasteiger partial charge in [-0.2, -0.15) is 4.98 Å². The zero-order chi connectivity index (χ0) is 15.1. The lowest BCUT2D eigenvalue weighted by Gasteiger charge is -2.16. The van der Waals surface area contributed by atoms with E-state index in [0.29, 0.717) is 12.4 Å². The van der Waals surface area contributed by atoms with E-state index in [1.165, 1.54) is 5.56 Å². The van der Waals surface area contributed by atoms with Crippen molar-refractivity contribution in [2.24, 2.45) is 5.73 Å². The molecule has 5 nitrogen and oxygen atoms in total. The summed E-state index contributed by atoms with van der Waals surface area (Å²) in [5.41, 5.74) is 7.73. The van der Waals surface area contributed by atoms with Crippen LogP contribution in [0.2, 0.25) is 0 Å². The lowest BCUT2D eigenvalue weighted by atomic mass is 10.1. The average Bonchev–Trinajstić information content (AvgIpc) is 2.98. The van der Waals surface area contributed by atoms with Crippen LogP contribution in [0.15, 0.2) is 28.8 Å². The van der Waals surface area contributed by atoms with Gasteiger partial charge in [0.15, 0.2) is 5.82 Å². The molecule has 0 aliphatic heterocycles. The normalized spacial score (nSPS) is 11.2. The highest BCUT2D eigenvalue weighted by molar-refractivity contribution is 5.53. The first-order valence-electron chi connectivity index (χ1n) is 7.61. The van der Waals surface area contributed by atoms with Crippen molar-refractivity contribution in [3.05, 3.63) is 35.7 Å². The largest absolute Gasteiger partial charge is 0.334 e. The highest BCUT2D eigenvalue weighted by Crippen LogP contribution is 2.18.